The Hall–Kier alpha value is -4.84. The number of unbranched alkanes of at least 4 members (excludes halogenated alkanes) is 10. The highest BCUT2D eigenvalue weighted by Crippen LogP contribution is 2.62. The molecule has 352 valence electrons. The van der Waals surface area contributed by atoms with Crippen LogP contribution < -0.4 is 14.2 Å². The van der Waals surface area contributed by atoms with Crippen molar-refractivity contribution in [3.05, 3.63) is 108 Å². The molecule has 11 nitrogen and oxygen atoms in total. The molecule has 0 aromatic heterocycles. The molecule has 0 unspecified atom stereocenters. The Bertz CT molecular complexity index is 2050. The average Bonchev–Trinajstić information content (AvgIpc) is 3.79. The normalized spacial score (nSPS) is 23.3. The van der Waals surface area contributed by atoms with Crippen LogP contribution >= 0.6 is 0 Å². The predicted octanol–water partition coefficient (Wildman–Crippen LogP) is 10.9. The number of aromatic hydroxyl groups is 1. The lowest BCUT2D eigenvalue weighted by Gasteiger charge is -2.60. The van der Waals surface area contributed by atoms with E-state index in [-0.39, 0.29) is 69.2 Å². The highest BCUT2D eigenvalue weighted by molar-refractivity contribution is 6.03. The van der Waals surface area contributed by atoms with E-state index in [0.29, 0.717) is 42.9 Å². The quantitative estimate of drug-likeness (QED) is 0.0388. The van der Waals surface area contributed by atoms with E-state index in [9.17, 15) is 15.3 Å². The summed E-state index contributed by atoms with van der Waals surface area (Å²) < 4.78 is 26.1. The summed E-state index contributed by atoms with van der Waals surface area (Å²) in [5.74, 6) is 0.101. The minimum atomic E-state index is -1.40. The summed E-state index contributed by atoms with van der Waals surface area (Å²) >= 11 is 0. The lowest BCUT2D eigenvalue weighted by molar-refractivity contribution is -0.258. The second-order valence-corrected chi connectivity index (χ2v) is 18.3. The fraction of sp³-hybridized carbons (Fsp3) is 0.556. The third-order valence-electron chi connectivity index (χ3n) is 13.9. The number of rotatable bonds is 27. The summed E-state index contributed by atoms with van der Waals surface area (Å²) in [6.45, 7) is 7.37. The van der Waals surface area contributed by atoms with Crippen molar-refractivity contribution in [2.24, 2.45) is 22.9 Å². The van der Waals surface area contributed by atoms with Crippen molar-refractivity contribution in [2.45, 2.75) is 147 Å². The molecule has 0 spiro atoms. The summed E-state index contributed by atoms with van der Waals surface area (Å²) in [6, 6.07) is 20.5. The molecule has 7 rings (SSSR count). The molecule has 1 amide bonds. The third-order valence-corrected chi connectivity index (χ3v) is 13.9. The Kier molecular flexibility index (Phi) is 17.8. The Morgan fingerprint density at radius 2 is 1.57 bits per heavy atom. The van der Waals surface area contributed by atoms with Gasteiger partial charge in [0.15, 0.2) is 11.5 Å². The van der Waals surface area contributed by atoms with Crippen molar-refractivity contribution in [3.8, 4) is 23.0 Å². The largest absolute Gasteiger partial charge is 0.508 e. The number of hydrogen-bond acceptors (Lipinski definition) is 10. The van der Waals surface area contributed by atoms with Crippen LogP contribution in [0.1, 0.15) is 139 Å². The molecular formula is C54H72N2O9. The molecule has 1 fully saturated rings. The Morgan fingerprint density at radius 3 is 2.32 bits per heavy atom. The zero-order chi connectivity index (χ0) is 45.4. The van der Waals surface area contributed by atoms with E-state index in [1.807, 2.05) is 65.6 Å². The van der Waals surface area contributed by atoms with E-state index >= 15 is 4.79 Å². The summed E-state index contributed by atoms with van der Waals surface area (Å²) in [7, 11) is 0. The van der Waals surface area contributed by atoms with Gasteiger partial charge in [-0.05, 0) is 91.0 Å². The number of amides is 1. The second kappa shape index (κ2) is 24.1. The zero-order valence-electron chi connectivity index (χ0n) is 38.5. The minimum absolute atomic E-state index is 0.00279. The molecule has 65 heavy (non-hydrogen) atoms. The van der Waals surface area contributed by atoms with E-state index in [1.54, 1.807) is 12.1 Å². The van der Waals surface area contributed by atoms with Crippen LogP contribution in [0.2, 0.25) is 0 Å². The number of aliphatic hydroxyl groups is 2. The van der Waals surface area contributed by atoms with Crippen molar-refractivity contribution in [2.75, 3.05) is 26.6 Å². The number of phenolic OH excluding ortho intramolecular Hbond substituents is 1. The van der Waals surface area contributed by atoms with E-state index in [0.717, 1.165) is 72.9 Å². The highest BCUT2D eigenvalue weighted by Gasteiger charge is 2.65. The van der Waals surface area contributed by atoms with E-state index in [1.165, 1.54) is 38.5 Å². The van der Waals surface area contributed by atoms with Crippen LogP contribution in [0.3, 0.4) is 0 Å². The van der Waals surface area contributed by atoms with Crippen LogP contribution in [0.4, 0.5) is 0 Å². The number of allylic oxidation sites excluding steroid dienone is 1. The summed E-state index contributed by atoms with van der Waals surface area (Å²) in [4.78, 5) is 23.5. The van der Waals surface area contributed by atoms with E-state index < -0.39 is 17.7 Å². The molecule has 0 radical (unpaired) electrons. The summed E-state index contributed by atoms with van der Waals surface area (Å²) in [5.41, 5.74) is 4.45. The first-order valence-corrected chi connectivity index (χ1v) is 24.5. The molecule has 2 aliphatic carbocycles. The third kappa shape index (κ3) is 11.8. The first kappa shape index (κ1) is 48.1. The minimum Gasteiger partial charge on any atom is -0.508 e. The number of hydrogen-bond donors (Lipinski definition) is 3. The molecule has 3 N–H and O–H groups in total. The van der Waals surface area contributed by atoms with Crippen LogP contribution in [-0.2, 0) is 27.5 Å². The van der Waals surface area contributed by atoms with Crippen LogP contribution in [-0.4, -0.2) is 70.3 Å². The van der Waals surface area contributed by atoms with Gasteiger partial charge in [0.05, 0.1) is 18.2 Å². The number of fused-ring (bicyclic) bond motifs is 3. The Morgan fingerprint density at radius 1 is 0.846 bits per heavy atom. The number of aliphatic hydroxyl groups excluding tert-OH is 2. The molecule has 2 heterocycles. The number of carbonyl (C=O) groups is 1. The number of benzene rings is 3. The van der Waals surface area contributed by atoms with Crippen LogP contribution in [0.25, 0.3) is 0 Å². The molecule has 11 heteroatoms. The van der Waals surface area contributed by atoms with Crippen molar-refractivity contribution in [1.29, 1.82) is 0 Å². The van der Waals surface area contributed by atoms with Gasteiger partial charge in [0.25, 0.3) is 0 Å². The van der Waals surface area contributed by atoms with Gasteiger partial charge in [-0.25, -0.2) is 0 Å². The lowest BCUT2D eigenvalue weighted by atomic mass is 9.55. The second-order valence-electron chi connectivity index (χ2n) is 18.3. The fourth-order valence-corrected chi connectivity index (χ4v) is 10.8. The van der Waals surface area contributed by atoms with E-state index in [2.05, 4.69) is 19.6 Å². The maximum Gasteiger partial charge on any atom is 0.239 e. The van der Waals surface area contributed by atoms with Gasteiger partial charge in [0, 0.05) is 44.1 Å². The Labute approximate surface area is 386 Å². The predicted molar refractivity (Wildman–Crippen MR) is 253 cm³/mol. The average molecular weight is 893 g/mol. The number of phenols is 1. The van der Waals surface area contributed by atoms with Gasteiger partial charge in [-0.2, -0.15) is 0 Å². The van der Waals surface area contributed by atoms with Gasteiger partial charge in [-0.1, -0.05) is 125 Å². The van der Waals surface area contributed by atoms with Crippen molar-refractivity contribution in [1.82, 2.24) is 4.90 Å². The van der Waals surface area contributed by atoms with E-state index in [4.69, 9.17) is 28.9 Å². The monoisotopic (exact) mass is 893 g/mol. The standard InChI is InChI=1S/C54H72N2O9/c1-3-5-6-7-8-9-10-11-15-24-51(60)56(36-40-25-27-48-49(32-40)62-38-61-48)50-35-46(55-64-37-39-20-13-12-14-21-39)44-33-41(22-16-18-29-57)43(23-17-19-30-58)52-45-34-42(59)26-28-47(45)65-54(50,53(44)52)63-31-4-2/h4,12-14,20-21,25-28,32-34,41,43,50,52-53,57-59H,2-3,5-11,15-19,22-24,29-31,35-38H2,1H3/t41-,43+,50-,52+,53+,54+/m0/s1. The van der Waals surface area contributed by atoms with Gasteiger partial charge in [-0.15, -0.1) is 6.58 Å². The maximum absolute atomic E-state index is 15.2. The fourth-order valence-electron chi connectivity index (χ4n) is 10.8. The molecule has 0 saturated heterocycles. The molecular weight excluding hydrogens is 821 g/mol. The summed E-state index contributed by atoms with van der Waals surface area (Å²) in [6.07, 6.45) is 19.6. The number of carbonyl (C=O) groups excluding carboxylic acids is 1. The molecule has 3 aromatic rings. The lowest BCUT2D eigenvalue weighted by Crippen LogP contribution is -2.70. The Balaban J connectivity index is 1.34. The first-order chi connectivity index (χ1) is 31.9. The smallest absolute Gasteiger partial charge is 0.239 e. The molecule has 2 aliphatic heterocycles. The topological polar surface area (TPSA) is 140 Å². The first-order valence-electron chi connectivity index (χ1n) is 24.5. The van der Waals surface area contributed by atoms with Gasteiger partial charge >= 0.3 is 0 Å². The highest BCUT2D eigenvalue weighted by atomic mass is 16.7. The molecule has 6 atom stereocenters. The van der Waals surface area contributed by atoms with Gasteiger partial charge < -0.3 is 44.0 Å². The van der Waals surface area contributed by atoms with Gasteiger partial charge in [-0.3, -0.25) is 4.79 Å². The van der Waals surface area contributed by atoms with Crippen molar-refractivity contribution < 1.29 is 43.9 Å². The molecule has 0 bridgehead atoms. The number of oxime groups is 1. The molecule has 3 aromatic carbocycles. The number of ether oxygens (including phenoxy) is 4. The van der Waals surface area contributed by atoms with Crippen LogP contribution in [0.5, 0.6) is 23.0 Å². The van der Waals surface area contributed by atoms with Gasteiger partial charge in [0.2, 0.25) is 18.5 Å². The SMILES string of the molecule is C=CCO[C@@]12Oc3ccc(O)cc3[C@H]3[C@H](CCCCO)[C@@H](CCCCO)C=C(C(=NOCc4ccccc4)C[C@@H]1N(Cc1ccc4c(c1)OCO4)C(=O)CCCCCCCCCCC)[C@H]32. The van der Waals surface area contributed by atoms with Crippen LogP contribution in [0, 0.1) is 17.8 Å². The maximum atomic E-state index is 15.2. The van der Waals surface area contributed by atoms with Crippen molar-refractivity contribution in [3.63, 3.8) is 0 Å². The molecule has 4 aliphatic rings. The number of nitrogens with zero attached hydrogens (tertiary/aromatic N) is 2. The summed E-state index contributed by atoms with van der Waals surface area (Å²) in [5, 5.41) is 36.0. The van der Waals surface area contributed by atoms with Gasteiger partial charge in [0.1, 0.15) is 24.1 Å². The van der Waals surface area contributed by atoms with Crippen molar-refractivity contribution >= 4 is 11.6 Å². The molecule has 1 saturated carbocycles. The van der Waals surface area contributed by atoms with Crippen LogP contribution in [0.15, 0.2) is 96.2 Å². The zero-order valence-corrected chi connectivity index (χ0v) is 38.5.